The molecule has 1 fully saturated rings. The van der Waals surface area contributed by atoms with Crippen LogP contribution in [0.3, 0.4) is 0 Å². The highest BCUT2D eigenvalue weighted by molar-refractivity contribution is 8.01. The quantitative estimate of drug-likeness (QED) is 0.326. The van der Waals surface area contributed by atoms with Gasteiger partial charge in [0.2, 0.25) is 5.91 Å². The van der Waals surface area contributed by atoms with E-state index in [1.165, 1.54) is 16.8 Å². The molecular formula is C33H46N4O2S. The number of carbonyl (C=O) groups excluding carboxylic acids is 2. The molecule has 3 aromatic carbocycles. The molecule has 1 unspecified atom stereocenters. The molecule has 0 spiro atoms. The van der Waals surface area contributed by atoms with Crippen molar-refractivity contribution in [3.05, 3.63) is 84.4 Å². The van der Waals surface area contributed by atoms with Gasteiger partial charge in [-0.1, -0.05) is 111 Å². The predicted octanol–water partition coefficient (Wildman–Crippen LogP) is 8.80. The largest absolute Gasteiger partial charge is 0.325 e. The molecule has 3 aromatic rings. The van der Waals surface area contributed by atoms with Crippen LogP contribution in [0.1, 0.15) is 67.9 Å². The molecule has 1 aliphatic rings. The molecule has 7 heteroatoms. The van der Waals surface area contributed by atoms with Crippen LogP contribution in [0, 0.1) is 12.3 Å². The lowest BCUT2D eigenvalue weighted by Gasteiger charge is -2.20. The zero-order valence-electron chi connectivity index (χ0n) is 25.7. The van der Waals surface area contributed by atoms with Crippen LogP contribution in [0.4, 0.5) is 17.1 Å². The highest BCUT2D eigenvalue weighted by Gasteiger charge is 2.39. The van der Waals surface area contributed by atoms with E-state index in [2.05, 4.69) is 10.7 Å². The zero-order chi connectivity index (χ0) is 30.3. The predicted molar refractivity (Wildman–Crippen MR) is 174 cm³/mol. The van der Waals surface area contributed by atoms with E-state index in [0.29, 0.717) is 11.5 Å². The van der Waals surface area contributed by atoms with Crippen LogP contribution in [0.2, 0.25) is 0 Å². The van der Waals surface area contributed by atoms with Crippen molar-refractivity contribution in [2.75, 3.05) is 10.3 Å². The molecule has 0 aliphatic carbocycles. The first kappa shape index (κ1) is 34.4. The molecule has 2 N–H and O–H groups in total. The number of hydrogen-bond acceptors (Lipinski definition) is 4. The van der Waals surface area contributed by atoms with Gasteiger partial charge >= 0.3 is 0 Å². The maximum absolute atomic E-state index is 13.6. The minimum atomic E-state index is -0.604. The average molecular weight is 563 g/mol. The van der Waals surface area contributed by atoms with Gasteiger partial charge < -0.3 is 5.32 Å². The summed E-state index contributed by atoms with van der Waals surface area (Å²) in [6, 6.07) is 24.8. The maximum atomic E-state index is 13.6. The summed E-state index contributed by atoms with van der Waals surface area (Å²) in [6.07, 6.45) is 0. The van der Waals surface area contributed by atoms with Gasteiger partial charge in [-0.25, -0.2) is 10.0 Å². The summed E-state index contributed by atoms with van der Waals surface area (Å²) >= 11 is 1.37. The van der Waals surface area contributed by atoms with Crippen LogP contribution < -0.4 is 15.8 Å². The Hall–Kier alpha value is -3.58. The molecule has 0 radical (unpaired) electrons. The summed E-state index contributed by atoms with van der Waals surface area (Å²) in [7, 11) is 0. The second-order valence-corrected chi connectivity index (χ2v) is 10.2. The lowest BCUT2D eigenvalue weighted by Crippen LogP contribution is -2.35. The molecular weight excluding hydrogens is 516 g/mol. The Morgan fingerprint density at radius 2 is 1.40 bits per heavy atom. The van der Waals surface area contributed by atoms with E-state index >= 15 is 0 Å². The van der Waals surface area contributed by atoms with Crippen LogP contribution >= 0.6 is 11.8 Å². The minimum Gasteiger partial charge on any atom is -0.325 e. The number of amides is 2. The number of hydrogen-bond donors (Lipinski definition) is 2. The van der Waals surface area contributed by atoms with Crippen molar-refractivity contribution < 1.29 is 9.59 Å². The third-order valence-corrected chi connectivity index (χ3v) is 6.62. The number of para-hydroxylation sites is 3. The Bertz CT molecular complexity index is 1240. The Labute approximate surface area is 245 Å². The van der Waals surface area contributed by atoms with Crippen LogP contribution in [0.15, 0.2) is 88.8 Å². The molecule has 40 heavy (non-hydrogen) atoms. The number of aliphatic imine (C=N–C) groups is 1. The standard InChI is InChI=1S/C27H28N4O2S.3C2H6/c1-18-12-8-9-15-20(18)28-24-23(25(32)31(30-24)19-13-6-5-7-14-19)34-22-17-11-10-16-21(22)29-26(33)27(2,3)4;3*1-2/h5-17,23H,1-4H3,(H,28,30)(H,29,33);3*1-2H3. The Morgan fingerprint density at radius 3 is 2.00 bits per heavy atom. The maximum Gasteiger partial charge on any atom is 0.266 e. The SMILES string of the molecule is CC.CC.CC.Cc1ccccc1N=C1NN(c2ccccc2)C(=O)C1Sc1ccccc1NC(=O)C(C)(C)C. The van der Waals surface area contributed by atoms with Gasteiger partial charge in [0.05, 0.1) is 17.1 Å². The number of carbonyl (C=O) groups is 2. The fraction of sp³-hybridized carbons (Fsp3) is 0.364. The highest BCUT2D eigenvalue weighted by Crippen LogP contribution is 2.36. The molecule has 0 saturated carbocycles. The van der Waals surface area contributed by atoms with E-state index in [1.807, 2.05) is 148 Å². The minimum absolute atomic E-state index is 0.0869. The number of amidine groups is 1. The molecule has 1 saturated heterocycles. The van der Waals surface area contributed by atoms with Crippen molar-refractivity contribution in [1.82, 2.24) is 5.43 Å². The number of anilines is 2. The highest BCUT2D eigenvalue weighted by atomic mass is 32.2. The van der Waals surface area contributed by atoms with Gasteiger partial charge in [0.1, 0.15) is 11.1 Å². The van der Waals surface area contributed by atoms with Crippen molar-refractivity contribution in [2.24, 2.45) is 10.4 Å². The van der Waals surface area contributed by atoms with Crippen molar-refractivity contribution >= 4 is 46.5 Å². The number of hydrazine groups is 1. The fourth-order valence-corrected chi connectivity index (χ4v) is 4.43. The monoisotopic (exact) mass is 562 g/mol. The molecule has 0 aromatic heterocycles. The first-order valence-corrected chi connectivity index (χ1v) is 15.0. The number of benzene rings is 3. The summed E-state index contributed by atoms with van der Waals surface area (Å²) in [5.41, 5.74) is 5.90. The van der Waals surface area contributed by atoms with E-state index in [1.54, 1.807) is 0 Å². The zero-order valence-corrected chi connectivity index (χ0v) is 26.5. The summed E-state index contributed by atoms with van der Waals surface area (Å²) in [5, 5.41) is 3.94. The van der Waals surface area contributed by atoms with Gasteiger partial charge in [0.25, 0.3) is 5.91 Å². The van der Waals surface area contributed by atoms with Crippen LogP contribution in [0.5, 0.6) is 0 Å². The lowest BCUT2D eigenvalue weighted by molar-refractivity contribution is -0.123. The summed E-state index contributed by atoms with van der Waals surface area (Å²) in [5.74, 6) is 0.335. The topological polar surface area (TPSA) is 73.8 Å². The van der Waals surface area contributed by atoms with E-state index < -0.39 is 10.7 Å². The lowest BCUT2D eigenvalue weighted by atomic mass is 9.95. The number of aryl methyl sites for hydroxylation is 1. The number of thioether (sulfide) groups is 1. The second-order valence-electron chi connectivity index (χ2n) is 9.10. The Morgan fingerprint density at radius 1 is 0.850 bits per heavy atom. The fourth-order valence-electron chi connectivity index (χ4n) is 3.35. The molecule has 4 rings (SSSR count). The van der Waals surface area contributed by atoms with Gasteiger partial charge in [0, 0.05) is 10.3 Å². The smallest absolute Gasteiger partial charge is 0.266 e. The molecule has 1 aliphatic heterocycles. The summed E-state index contributed by atoms with van der Waals surface area (Å²) in [6.45, 7) is 19.6. The molecule has 216 valence electrons. The molecule has 0 bridgehead atoms. The molecule has 6 nitrogen and oxygen atoms in total. The van der Waals surface area contributed by atoms with E-state index in [-0.39, 0.29) is 11.8 Å². The third kappa shape index (κ3) is 9.26. The van der Waals surface area contributed by atoms with Gasteiger partial charge in [-0.05, 0) is 42.8 Å². The van der Waals surface area contributed by atoms with Gasteiger partial charge in [0.15, 0.2) is 0 Å². The number of nitrogens with one attached hydrogen (secondary N) is 2. The van der Waals surface area contributed by atoms with Crippen molar-refractivity contribution in [2.45, 2.75) is 79.4 Å². The second kappa shape index (κ2) is 17.2. The van der Waals surface area contributed by atoms with Crippen LogP contribution in [0.25, 0.3) is 0 Å². The van der Waals surface area contributed by atoms with E-state index in [0.717, 1.165) is 21.8 Å². The van der Waals surface area contributed by atoms with Crippen molar-refractivity contribution in [3.63, 3.8) is 0 Å². The van der Waals surface area contributed by atoms with Gasteiger partial charge in [-0.15, -0.1) is 11.8 Å². The average Bonchev–Trinajstić information content (AvgIpc) is 3.28. The van der Waals surface area contributed by atoms with Crippen molar-refractivity contribution in [1.29, 1.82) is 0 Å². The van der Waals surface area contributed by atoms with Crippen LogP contribution in [-0.2, 0) is 9.59 Å². The Kier molecular flexibility index (Phi) is 14.8. The normalized spacial score (nSPS) is 14.9. The summed E-state index contributed by atoms with van der Waals surface area (Å²) < 4.78 is 0. The molecule has 1 heterocycles. The first-order valence-electron chi connectivity index (χ1n) is 14.1. The van der Waals surface area contributed by atoms with Gasteiger partial charge in [-0.2, -0.15) is 0 Å². The van der Waals surface area contributed by atoms with Crippen LogP contribution in [-0.4, -0.2) is 22.9 Å². The van der Waals surface area contributed by atoms with E-state index in [9.17, 15) is 9.59 Å². The Balaban J connectivity index is 0.00000125. The first-order chi connectivity index (χ1) is 19.2. The molecule has 1 atom stereocenters. The molecule has 2 amide bonds. The summed E-state index contributed by atoms with van der Waals surface area (Å²) in [4.78, 5) is 31.8. The van der Waals surface area contributed by atoms with E-state index in [4.69, 9.17) is 4.99 Å². The third-order valence-electron chi connectivity index (χ3n) is 5.35. The van der Waals surface area contributed by atoms with Gasteiger partial charge in [-0.3, -0.25) is 15.0 Å². The number of nitrogens with zero attached hydrogens (tertiary/aromatic N) is 2. The van der Waals surface area contributed by atoms with Crippen molar-refractivity contribution in [3.8, 4) is 0 Å². The number of rotatable bonds is 5.